The number of hydrogen-bond donors (Lipinski definition) is 3. The van der Waals surface area contributed by atoms with E-state index in [2.05, 4.69) is 24.8 Å². The zero-order chi connectivity index (χ0) is 15.5. The molecule has 1 aromatic carbocycles. The highest BCUT2D eigenvalue weighted by Crippen LogP contribution is 2.26. The van der Waals surface area contributed by atoms with Crippen molar-refractivity contribution in [3.05, 3.63) is 40.5 Å². The minimum atomic E-state index is -4.12. The van der Waals surface area contributed by atoms with Gasteiger partial charge in [-0.05, 0) is 12.1 Å². The smallest absolute Gasteiger partial charge is 0.291 e. The van der Waals surface area contributed by atoms with Gasteiger partial charge in [-0.15, -0.1) is 0 Å². The van der Waals surface area contributed by atoms with Crippen LogP contribution < -0.4 is 16.0 Å². The van der Waals surface area contributed by atoms with Gasteiger partial charge in [0, 0.05) is 6.07 Å². The quantitative estimate of drug-likeness (QED) is 0.369. The summed E-state index contributed by atoms with van der Waals surface area (Å²) in [7, 11) is -4.12. The van der Waals surface area contributed by atoms with Crippen LogP contribution >= 0.6 is 0 Å². The first-order valence-corrected chi connectivity index (χ1v) is 6.92. The standard InChI is InChI=1S/C9H10N6O5S/c10-13-6-1-2-8(7(3-6)15(16)17)21(18,19)12-4-9-11-5-20-14-9/h1-3,5,12-13H,4,10H2. The number of aromatic nitrogens is 2. The van der Waals surface area contributed by atoms with Crippen LogP contribution in [0.2, 0.25) is 0 Å². The third-order valence-corrected chi connectivity index (χ3v) is 3.89. The Labute approximate surface area is 118 Å². The maximum absolute atomic E-state index is 12.1. The molecule has 0 aliphatic rings. The van der Waals surface area contributed by atoms with Gasteiger partial charge in [0.2, 0.25) is 16.4 Å². The number of anilines is 1. The molecule has 0 aliphatic carbocycles. The molecule has 0 spiro atoms. The Kier molecular flexibility index (Phi) is 4.11. The molecule has 0 atom stereocenters. The summed E-state index contributed by atoms with van der Waals surface area (Å²) in [6.45, 7) is -0.257. The Morgan fingerprint density at radius 1 is 1.43 bits per heavy atom. The SMILES string of the molecule is NNc1ccc(S(=O)(=O)NCc2ncon2)c([N+](=O)[O-])c1. The van der Waals surface area contributed by atoms with E-state index in [9.17, 15) is 18.5 Å². The summed E-state index contributed by atoms with van der Waals surface area (Å²) in [5.74, 6) is 5.23. The first-order valence-electron chi connectivity index (χ1n) is 5.44. The minimum absolute atomic E-state index is 0.0986. The molecule has 1 heterocycles. The van der Waals surface area contributed by atoms with Crippen molar-refractivity contribution in [1.82, 2.24) is 14.9 Å². The molecule has 0 saturated carbocycles. The highest BCUT2D eigenvalue weighted by Gasteiger charge is 2.26. The summed E-state index contributed by atoms with van der Waals surface area (Å²) < 4.78 is 30.8. The molecule has 0 fully saturated rings. The molecule has 0 saturated heterocycles. The molecule has 0 bridgehead atoms. The van der Waals surface area contributed by atoms with Crippen molar-refractivity contribution in [1.29, 1.82) is 0 Å². The van der Waals surface area contributed by atoms with E-state index >= 15 is 0 Å². The predicted molar refractivity (Wildman–Crippen MR) is 69.2 cm³/mol. The second-order valence-corrected chi connectivity index (χ2v) is 5.49. The second-order valence-electron chi connectivity index (χ2n) is 3.76. The van der Waals surface area contributed by atoms with E-state index in [1.54, 1.807) is 0 Å². The summed E-state index contributed by atoms with van der Waals surface area (Å²) >= 11 is 0. The molecular formula is C9H10N6O5S. The average Bonchev–Trinajstić information content (AvgIpc) is 2.98. The molecule has 21 heavy (non-hydrogen) atoms. The van der Waals surface area contributed by atoms with Crippen molar-refractivity contribution >= 4 is 21.4 Å². The number of sulfonamides is 1. The van der Waals surface area contributed by atoms with Crippen LogP contribution in [0.4, 0.5) is 11.4 Å². The highest BCUT2D eigenvalue weighted by atomic mass is 32.2. The van der Waals surface area contributed by atoms with E-state index in [1.807, 2.05) is 0 Å². The number of hydrogen-bond acceptors (Lipinski definition) is 9. The van der Waals surface area contributed by atoms with E-state index in [-0.39, 0.29) is 18.1 Å². The van der Waals surface area contributed by atoms with E-state index in [1.165, 1.54) is 6.07 Å². The molecule has 0 aliphatic heterocycles. The third kappa shape index (κ3) is 3.31. The van der Waals surface area contributed by atoms with Gasteiger partial charge in [-0.25, -0.2) is 13.1 Å². The first-order chi connectivity index (χ1) is 9.94. The summed E-state index contributed by atoms with van der Waals surface area (Å²) in [6.07, 6.45) is 1.04. The van der Waals surface area contributed by atoms with Crippen LogP contribution in [0, 0.1) is 10.1 Å². The van der Waals surface area contributed by atoms with E-state index in [0.717, 1.165) is 18.5 Å². The van der Waals surface area contributed by atoms with Crippen LogP contribution in [-0.4, -0.2) is 23.5 Å². The van der Waals surface area contributed by atoms with Gasteiger partial charge < -0.3 is 9.95 Å². The van der Waals surface area contributed by atoms with Crippen molar-refractivity contribution in [3.63, 3.8) is 0 Å². The van der Waals surface area contributed by atoms with Gasteiger partial charge in [-0.1, -0.05) is 5.16 Å². The normalized spacial score (nSPS) is 11.3. The Morgan fingerprint density at radius 3 is 2.76 bits per heavy atom. The van der Waals surface area contributed by atoms with Crippen molar-refractivity contribution in [2.75, 3.05) is 5.43 Å². The van der Waals surface area contributed by atoms with Crippen LogP contribution in [0.25, 0.3) is 0 Å². The van der Waals surface area contributed by atoms with Crippen LogP contribution in [0.5, 0.6) is 0 Å². The Bertz CT molecular complexity index is 744. The van der Waals surface area contributed by atoms with Crippen molar-refractivity contribution in [3.8, 4) is 0 Å². The lowest BCUT2D eigenvalue weighted by Gasteiger charge is -2.07. The van der Waals surface area contributed by atoms with Crippen molar-refractivity contribution in [2.24, 2.45) is 5.84 Å². The van der Waals surface area contributed by atoms with E-state index in [4.69, 9.17) is 5.84 Å². The fourth-order valence-electron chi connectivity index (χ4n) is 1.48. The van der Waals surface area contributed by atoms with Gasteiger partial charge in [0.15, 0.2) is 10.7 Å². The number of benzene rings is 1. The maximum atomic E-state index is 12.1. The molecule has 2 rings (SSSR count). The third-order valence-electron chi connectivity index (χ3n) is 2.44. The maximum Gasteiger partial charge on any atom is 0.291 e. The molecule has 12 heteroatoms. The van der Waals surface area contributed by atoms with Crippen LogP contribution in [-0.2, 0) is 16.6 Å². The molecule has 2 aromatic rings. The molecule has 0 radical (unpaired) electrons. The lowest BCUT2D eigenvalue weighted by molar-refractivity contribution is -0.387. The van der Waals surface area contributed by atoms with E-state index < -0.39 is 25.5 Å². The van der Waals surface area contributed by atoms with Crippen molar-refractivity contribution in [2.45, 2.75) is 11.4 Å². The van der Waals surface area contributed by atoms with Gasteiger partial charge in [-0.2, -0.15) is 4.98 Å². The number of nitrogens with zero attached hydrogens (tertiary/aromatic N) is 3. The number of nitrogens with two attached hydrogens (primary N) is 1. The van der Waals surface area contributed by atoms with Gasteiger partial charge in [0.25, 0.3) is 5.69 Å². The predicted octanol–water partition coefficient (Wildman–Crippen LogP) is -0.258. The van der Waals surface area contributed by atoms with Crippen molar-refractivity contribution < 1.29 is 17.9 Å². The molecule has 4 N–H and O–H groups in total. The molecule has 112 valence electrons. The molecular weight excluding hydrogens is 304 g/mol. The number of rotatable bonds is 6. The Hall–Kier alpha value is -2.57. The van der Waals surface area contributed by atoms with Crippen LogP contribution in [0.1, 0.15) is 5.82 Å². The van der Waals surface area contributed by atoms with E-state index in [0.29, 0.717) is 0 Å². The molecule has 0 unspecified atom stereocenters. The summed E-state index contributed by atoms with van der Waals surface area (Å²) in [5, 5.41) is 14.4. The minimum Gasteiger partial charge on any atom is -0.343 e. The molecule has 11 nitrogen and oxygen atoms in total. The first kappa shape index (κ1) is 14.8. The number of hydrazine groups is 1. The Balaban J connectivity index is 2.32. The van der Waals surface area contributed by atoms with Crippen LogP contribution in [0.15, 0.2) is 34.0 Å². The topological polar surface area (TPSA) is 166 Å². The second kappa shape index (κ2) is 5.82. The molecule has 1 aromatic heterocycles. The van der Waals surface area contributed by atoms with Gasteiger partial charge in [0.1, 0.15) is 0 Å². The zero-order valence-electron chi connectivity index (χ0n) is 10.4. The Morgan fingerprint density at radius 2 is 2.19 bits per heavy atom. The number of nitro groups is 1. The van der Waals surface area contributed by atoms with Gasteiger partial charge >= 0.3 is 0 Å². The monoisotopic (exact) mass is 314 g/mol. The average molecular weight is 314 g/mol. The fourth-order valence-corrected chi connectivity index (χ4v) is 2.62. The van der Waals surface area contributed by atoms with Gasteiger partial charge in [0.05, 0.1) is 17.2 Å². The lowest BCUT2D eigenvalue weighted by atomic mass is 10.3. The van der Waals surface area contributed by atoms with Crippen LogP contribution in [0.3, 0.4) is 0 Å². The number of nitro benzene ring substituents is 1. The summed E-state index contributed by atoms with van der Waals surface area (Å²) in [4.78, 5) is 13.3. The zero-order valence-corrected chi connectivity index (χ0v) is 11.2. The number of nitrogen functional groups attached to an aromatic ring is 1. The van der Waals surface area contributed by atoms with Gasteiger partial charge in [-0.3, -0.25) is 16.0 Å². The summed E-state index contributed by atoms with van der Waals surface area (Å²) in [5.41, 5.74) is 1.80. The fraction of sp³-hybridized carbons (Fsp3) is 0.111. The molecule has 0 amide bonds. The lowest BCUT2D eigenvalue weighted by Crippen LogP contribution is -2.24. The number of nitrogens with one attached hydrogen (secondary N) is 2. The highest BCUT2D eigenvalue weighted by molar-refractivity contribution is 7.89. The summed E-state index contributed by atoms with van der Waals surface area (Å²) in [6, 6.07) is 3.39. The largest absolute Gasteiger partial charge is 0.343 e.